The lowest BCUT2D eigenvalue weighted by Crippen LogP contribution is -2.47. The summed E-state index contributed by atoms with van der Waals surface area (Å²) in [5.41, 5.74) is 0. The molecule has 0 saturated heterocycles. The Morgan fingerprint density at radius 3 is 2.91 bits per heavy atom. The second-order valence-electron chi connectivity index (χ2n) is 5.88. The van der Waals surface area contributed by atoms with Crippen molar-refractivity contribution in [2.75, 3.05) is 26.8 Å². The van der Waals surface area contributed by atoms with Crippen LogP contribution in [0.4, 0.5) is 0 Å². The molecule has 1 aromatic heterocycles. The maximum atomic E-state index is 5.36. The summed E-state index contributed by atoms with van der Waals surface area (Å²) in [6.45, 7) is 4.59. The zero-order chi connectivity index (χ0) is 15.6. The molecule has 2 N–H and O–H groups in total. The van der Waals surface area contributed by atoms with Gasteiger partial charge in [-0.1, -0.05) is 13.3 Å². The first-order valence-corrected chi connectivity index (χ1v) is 8.39. The van der Waals surface area contributed by atoms with Crippen molar-refractivity contribution in [3.05, 3.63) is 24.2 Å². The minimum Gasteiger partial charge on any atom is -0.469 e. The van der Waals surface area contributed by atoms with Gasteiger partial charge in [-0.25, -0.2) is 0 Å². The summed E-state index contributed by atoms with van der Waals surface area (Å²) in [5, 5.41) is 6.95. The summed E-state index contributed by atoms with van der Waals surface area (Å²) in [6.07, 6.45) is 7.42. The molecule has 1 fully saturated rings. The molecule has 1 saturated carbocycles. The van der Waals surface area contributed by atoms with Gasteiger partial charge < -0.3 is 19.8 Å². The summed E-state index contributed by atoms with van der Waals surface area (Å²) < 4.78 is 10.7. The third-order valence-corrected chi connectivity index (χ3v) is 3.88. The highest BCUT2D eigenvalue weighted by Crippen LogP contribution is 2.32. The largest absolute Gasteiger partial charge is 0.469 e. The van der Waals surface area contributed by atoms with Crippen molar-refractivity contribution in [1.82, 2.24) is 10.6 Å². The van der Waals surface area contributed by atoms with Gasteiger partial charge in [0.05, 0.1) is 18.9 Å². The highest BCUT2D eigenvalue weighted by Gasteiger charge is 2.31. The molecule has 0 amide bonds. The highest BCUT2D eigenvalue weighted by molar-refractivity contribution is 14.0. The van der Waals surface area contributed by atoms with Gasteiger partial charge in [0.1, 0.15) is 5.76 Å². The molecule has 5 nitrogen and oxygen atoms in total. The van der Waals surface area contributed by atoms with Crippen molar-refractivity contribution in [3.63, 3.8) is 0 Å². The number of hydrogen-bond acceptors (Lipinski definition) is 3. The standard InChI is InChI=1S/C17H29N3O2.HI/c1-3-4-10-18-17(19-11-9-15-6-5-12-22-15)20-16(13-21-2)14-7-8-14;/h5-6,12,14,16H,3-4,7-11,13H2,1-2H3,(H2,18,19,20);1H. The fourth-order valence-electron chi connectivity index (χ4n) is 2.41. The Balaban J connectivity index is 0.00000264. The number of nitrogens with one attached hydrogen (secondary N) is 2. The Morgan fingerprint density at radius 1 is 1.48 bits per heavy atom. The van der Waals surface area contributed by atoms with Gasteiger partial charge in [0.2, 0.25) is 0 Å². The van der Waals surface area contributed by atoms with Gasteiger partial charge in [-0.3, -0.25) is 4.99 Å². The Hall–Kier alpha value is -0.760. The number of hydrogen-bond donors (Lipinski definition) is 2. The monoisotopic (exact) mass is 435 g/mol. The van der Waals surface area contributed by atoms with E-state index in [0.29, 0.717) is 6.04 Å². The van der Waals surface area contributed by atoms with Crippen molar-refractivity contribution in [2.45, 2.75) is 45.1 Å². The summed E-state index contributed by atoms with van der Waals surface area (Å²) in [6, 6.07) is 4.29. The van der Waals surface area contributed by atoms with Gasteiger partial charge in [-0.2, -0.15) is 0 Å². The second kappa shape index (κ2) is 11.7. The minimum atomic E-state index is 0. The maximum Gasteiger partial charge on any atom is 0.191 e. The molecular weight excluding hydrogens is 405 g/mol. The molecule has 0 radical (unpaired) electrons. The number of nitrogens with zero attached hydrogens (tertiary/aromatic N) is 1. The Bertz CT molecular complexity index is 433. The van der Waals surface area contributed by atoms with E-state index < -0.39 is 0 Å². The van der Waals surface area contributed by atoms with E-state index >= 15 is 0 Å². The molecule has 0 spiro atoms. The van der Waals surface area contributed by atoms with E-state index in [9.17, 15) is 0 Å². The average molecular weight is 435 g/mol. The number of furan rings is 1. The second-order valence-corrected chi connectivity index (χ2v) is 5.88. The van der Waals surface area contributed by atoms with Crippen molar-refractivity contribution in [2.24, 2.45) is 10.9 Å². The first-order valence-electron chi connectivity index (χ1n) is 8.39. The molecule has 6 heteroatoms. The molecule has 132 valence electrons. The van der Waals surface area contributed by atoms with Crippen LogP contribution in [-0.2, 0) is 11.2 Å². The minimum absolute atomic E-state index is 0. The van der Waals surface area contributed by atoms with E-state index in [2.05, 4.69) is 22.5 Å². The van der Waals surface area contributed by atoms with Crippen LogP contribution in [0.5, 0.6) is 0 Å². The molecule has 2 rings (SSSR count). The normalized spacial score (nSPS) is 15.8. The van der Waals surface area contributed by atoms with Crippen molar-refractivity contribution >= 4 is 29.9 Å². The van der Waals surface area contributed by atoms with Crippen LogP contribution in [0.3, 0.4) is 0 Å². The summed E-state index contributed by atoms with van der Waals surface area (Å²) in [5.74, 6) is 2.62. The van der Waals surface area contributed by atoms with Crippen LogP contribution >= 0.6 is 24.0 Å². The average Bonchev–Trinajstić information content (AvgIpc) is 3.24. The van der Waals surface area contributed by atoms with E-state index in [1.165, 1.54) is 12.8 Å². The smallest absolute Gasteiger partial charge is 0.191 e. The number of halogens is 1. The third kappa shape index (κ3) is 8.06. The Labute approximate surface area is 156 Å². The van der Waals surface area contributed by atoms with Gasteiger partial charge in [-0.15, -0.1) is 24.0 Å². The van der Waals surface area contributed by atoms with Crippen molar-refractivity contribution < 1.29 is 9.15 Å². The van der Waals surface area contributed by atoms with Crippen LogP contribution in [0.2, 0.25) is 0 Å². The van der Waals surface area contributed by atoms with Crippen LogP contribution < -0.4 is 10.6 Å². The number of rotatable bonds is 10. The number of aliphatic imine (C=N–C) groups is 1. The maximum absolute atomic E-state index is 5.36. The molecule has 0 bridgehead atoms. The summed E-state index contributed by atoms with van der Waals surface area (Å²) in [4.78, 5) is 4.67. The molecule has 1 atom stereocenters. The molecule has 1 heterocycles. The zero-order valence-corrected chi connectivity index (χ0v) is 16.5. The zero-order valence-electron chi connectivity index (χ0n) is 14.2. The lowest BCUT2D eigenvalue weighted by molar-refractivity contribution is 0.165. The molecule has 1 aliphatic carbocycles. The molecule has 0 aliphatic heterocycles. The summed E-state index contributed by atoms with van der Waals surface area (Å²) >= 11 is 0. The van der Waals surface area contributed by atoms with E-state index in [1.807, 2.05) is 12.1 Å². The van der Waals surface area contributed by atoms with Crippen LogP contribution in [0, 0.1) is 5.92 Å². The Morgan fingerprint density at radius 2 is 2.30 bits per heavy atom. The molecule has 23 heavy (non-hydrogen) atoms. The number of methoxy groups -OCH3 is 1. The predicted molar refractivity (Wildman–Crippen MR) is 105 cm³/mol. The molecule has 0 aromatic carbocycles. The number of ether oxygens (including phenoxy) is 1. The van der Waals surface area contributed by atoms with Crippen molar-refractivity contribution in [1.29, 1.82) is 0 Å². The number of unbranched alkanes of at least 4 members (excludes halogenated alkanes) is 1. The molecular formula is C17H30IN3O2. The third-order valence-electron chi connectivity index (χ3n) is 3.88. The van der Waals surface area contributed by atoms with Crippen LogP contribution in [0.1, 0.15) is 38.4 Å². The van der Waals surface area contributed by atoms with E-state index in [-0.39, 0.29) is 24.0 Å². The topological polar surface area (TPSA) is 58.8 Å². The predicted octanol–water partition coefficient (Wildman–Crippen LogP) is 3.20. The van der Waals surface area contributed by atoms with Crippen LogP contribution in [0.25, 0.3) is 0 Å². The lowest BCUT2D eigenvalue weighted by atomic mass is 10.2. The Kier molecular flexibility index (Phi) is 10.3. The highest BCUT2D eigenvalue weighted by atomic mass is 127. The SMILES string of the molecule is CCCCN=C(NCCc1ccco1)NC(COC)C1CC1.I. The molecule has 1 unspecified atom stereocenters. The quantitative estimate of drug-likeness (QED) is 0.257. The summed E-state index contributed by atoms with van der Waals surface area (Å²) in [7, 11) is 1.76. The van der Waals surface area contributed by atoms with Crippen molar-refractivity contribution in [3.8, 4) is 0 Å². The molecule has 1 aromatic rings. The van der Waals surface area contributed by atoms with E-state index in [1.54, 1.807) is 13.4 Å². The van der Waals surface area contributed by atoms with E-state index in [4.69, 9.17) is 9.15 Å². The fourth-order valence-corrected chi connectivity index (χ4v) is 2.41. The first kappa shape index (κ1) is 20.3. The molecule has 1 aliphatic rings. The van der Waals surface area contributed by atoms with Gasteiger partial charge in [-0.05, 0) is 37.3 Å². The number of guanidine groups is 1. The van der Waals surface area contributed by atoms with Gasteiger partial charge in [0, 0.05) is 26.6 Å². The first-order chi connectivity index (χ1) is 10.8. The fraction of sp³-hybridized carbons (Fsp3) is 0.706. The van der Waals surface area contributed by atoms with Gasteiger partial charge in [0.15, 0.2) is 5.96 Å². The van der Waals surface area contributed by atoms with Gasteiger partial charge in [0.25, 0.3) is 0 Å². The van der Waals surface area contributed by atoms with E-state index in [0.717, 1.165) is 56.6 Å². The lowest BCUT2D eigenvalue weighted by Gasteiger charge is -2.21. The van der Waals surface area contributed by atoms with Gasteiger partial charge >= 0.3 is 0 Å². The van der Waals surface area contributed by atoms with Crippen LogP contribution in [0.15, 0.2) is 27.8 Å². The van der Waals surface area contributed by atoms with Crippen LogP contribution in [-0.4, -0.2) is 38.8 Å².